The Balaban J connectivity index is 1.73. The lowest BCUT2D eigenvalue weighted by molar-refractivity contribution is -0.126. The smallest absolute Gasteiger partial charge is 0.319 e. The van der Waals surface area contributed by atoms with Gasteiger partial charge in [0.25, 0.3) is 0 Å². The molecule has 1 aromatic carbocycles. The van der Waals surface area contributed by atoms with Crippen LogP contribution in [0, 0.1) is 5.92 Å². The molecular weight excluding hydrogens is 408 g/mol. The second-order valence-electron chi connectivity index (χ2n) is 7.08. The van der Waals surface area contributed by atoms with Crippen LogP contribution >= 0.6 is 0 Å². The first-order valence-electron chi connectivity index (χ1n) is 10.3. The summed E-state index contributed by atoms with van der Waals surface area (Å²) in [5.41, 5.74) is 0. The van der Waals surface area contributed by atoms with Crippen LogP contribution in [-0.2, 0) is 14.8 Å². The molecule has 2 rings (SSSR count). The van der Waals surface area contributed by atoms with E-state index in [1.54, 1.807) is 21.9 Å². The zero-order valence-corrected chi connectivity index (χ0v) is 18.7. The van der Waals surface area contributed by atoms with E-state index >= 15 is 0 Å². The number of methoxy groups -OCH3 is 1. The van der Waals surface area contributed by atoms with Crippen molar-refractivity contribution in [2.45, 2.75) is 31.6 Å². The SMILES string of the molecule is CCN(CC)C(=O)N1CCC(C(=O)NCCNS(=O)(=O)c2ccc(OC)cc2)CC1. The Morgan fingerprint density at radius 3 is 2.23 bits per heavy atom. The molecule has 0 unspecified atom stereocenters. The summed E-state index contributed by atoms with van der Waals surface area (Å²) in [5, 5.41) is 2.78. The summed E-state index contributed by atoms with van der Waals surface area (Å²) in [6.45, 7) is 6.64. The number of nitrogens with zero attached hydrogens (tertiary/aromatic N) is 2. The van der Waals surface area contributed by atoms with Crippen LogP contribution < -0.4 is 14.8 Å². The molecule has 0 saturated carbocycles. The first-order valence-corrected chi connectivity index (χ1v) is 11.8. The summed E-state index contributed by atoms with van der Waals surface area (Å²) < 4.78 is 32.1. The van der Waals surface area contributed by atoms with E-state index in [1.165, 1.54) is 19.2 Å². The molecule has 0 aliphatic carbocycles. The molecule has 0 spiro atoms. The Labute approximate surface area is 178 Å². The van der Waals surface area contributed by atoms with Crippen molar-refractivity contribution in [2.24, 2.45) is 5.92 Å². The predicted octanol–water partition coefficient (Wildman–Crippen LogP) is 1.26. The first kappa shape index (κ1) is 23.9. The minimum atomic E-state index is -3.64. The number of amides is 3. The van der Waals surface area contributed by atoms with Crippen LogP contribution in [-0.4, -0.2) is 76.5 Å². The van der Waals surface area contributed by atoms with Crippen molar-refractivity contribution in [3.8, 4) is 5.75 Å². The van der Waals surface area contributed by atoms with Crippen LogP contribution in [0.4, 0.5) is 4.79 Å². The fraction of sp³-hybridized carbons (Fsp3) is 0.600. The highest BCUT2D eigenvalue weighted by molar-refractivity contribution is 7.89. The van der Waals surface area contributed by atoms with Gasteiger partial charge in [-0.25, -0.2) is 17.9 Å². The Hall–Kier alpha value is -2.33. The molecule has 0 radical (unpaired) electrons. The average Bonchev–Trinajstić information content (AvgIpc) is 2.77. The van der Waals surface area contributed by atoms with E-state index < -0.39 is 10.0 Å². The normalized spacial score (nSPS) is 15.0. The van der Waals surface area contributed by atoms with Crippen molar-refractivity contribution in [3.05, 3.63) is 24.3 Å². The second kappa shape index (κ2) is 11.2. The standard InChI is InChI=1S/C20H32N4O5S/c1-4-23(5-2)20(26)24-14-10-16(11-15-24)19(25)21-12-13-22-30(27,28)18-8-6-17(29-3)7-9-18/h6-9,16,22H,4-5,10-15H2,1-3H3,(H,21,25). The van der Waals surface area contributed by atoms with Crippen molar-refractivity contribution >= 4 is 22.0 Å². The first-order chi connectivity index (χ1) is 14.3. The van der Waals surface area contributed by atoms with E-state index in [4.69, 9.17) is 4.74 Å². The van der Waals surface area contributed by atoms with Crippen molar-refractivity contribution in [3.63, 3.8) is 0 Å². The zero-order valence-electron chi connectivity index (χ0n) is 17.9. The number of carbonyl (C=O) groups excluding carboxylic acids is 2. The number of carbonyl (C=O) groups is 2. The molecule has 1 heterocycles. The number of rotatable bonds is 9. The zero-order chi connectivity index (χ0) is 22.1. The molecule has 10 heteroatoms. The molecule has 0 aromatic heterocycles. The molecule has 1 fully saturated rings. The maximum atomic E-state index is 12.4. The van der Waals surface area contributed by atoms with Gasteiger partial charge in [-0.1, -0.05) is 0 Å². The van der Waals surface area contributed by atoms with Gasteiger partial charge >= 0.3 is 6.03 Å². The third-order valence-corrected chi connectivity index (χ3v) is 6.73. The number of benzene rings is 1. The number of urea groups is 1. The molecule has 0 atom stereocenters. The highest BCUT2D eigenvalue weighted by Gasteiger charge is 2.28. The molecule has 30 heavy (non-hydrogen) atoms. The van der Waals surface area contributed by atoms with Gasteiger partial charge in [-0.05, 0) is 51.0 Å². The van der Waals surface area contributed by atoms with Gasteiger partial charge in [0.2, 0.25) is 15.9 Å². The molecule has 9 nitrogen and oxygen atoms in total. The fourth-order valence-corrected chi connectivity index (χ4v) is 4.41. The van der Waals surface area contributed by atoms with Crippen LogP contribution in [0.15, 0.2) is 29.2 Å². The van der Waals surface area contributed by atoms with Gasteiger partial charge in [-0.15, -0.1) is 0 Å². The molecule has 1 aromatic rings. The second-order valence-corrected chi connectivity index (χ2v) is 8.85. The number of likely N-dealkylation sites (tertiary alicyclic amines) is 1. The van der Waals surface area contributed by atoms with Crippen LogP contribution in [0.2, 0.25) is 0 Å². The molecule has 3 amide bonds. The van der Waals surface area contributed by atoms with Gasteiger partial charge in [0, 0.05) is 45.2 Å². The third kappa shape index (κ3) is 6.33. The number of hydrogen-bond donors (Lipinski definition) is 2. The fourth-order valence-electron chi connectivity index (χ4n) is 3.38. The summed E-state index contributed by atoms with van der Waals surface area (Å²) in [6.07, 6.45) is 1.22. The Bertz CT molecular complexity index is 801. The summed E-state index contributed by atoms with van der Waals surface area (Å²) in [7, 11) is -2.13. The number of hydrogen-bond acceptors (Lipinski definition) is 5. The topological polar surface area (TPSA) is 108 Å². The lowest BCUT2D eigenvalue weighted by Crippen LogP contribution is -2.48. The van der Waals surface area contributed by atoms with E-state index in [-0.39, 0.29) is 35.8 Å². The average molecular weight is 441 g/mol. The third-order valence-electron chi connectivity index (χ3n) is 5.26. The van der Waals surface area contributed by atoms with Gasteiger partial charge in [0.15, 0.2) is 0 Å². The van der Waals surface area contributed by atoms with Crippen molar-refractivity contribution < 1.29 is 22.7 Å². The molecule has 1 saturated heterocycles. The van der Waals surface area contributed by atoms with E-state index in [0.29, 0.717) is 44.8 Å². The minimum Gasteiger partial charge on any atom is -0.497 e. The molecule has 2 N–H and O–H groups in total. The van der Waals surface area contributed by atoms with Crippen LogP contribution in [0.1, 0.15) is 26.7 Å². The Morgan fingerprint density at radius 2 is 1.70 bits per heavy atom. The van der Waals surface area contributed by atoms with E-state index in [0.717, 1.165) is 0 Å². The molecular formula is C20H32N4O5S. The number of nitrogens with one attached hydrogen (secondary N) is 2. The lowest BCUT2D eigenvalue weighted by atomic mass is 9.96. The number of piperidine rings is 1. The van der Waals surface area contributed by atoms with Gasteiger partial charge < -0.3 is 19.9 Å². The van der Waals surface area contributed by atoms with E-state index in [1.807, 2.05) is 13.8 Å². The van der Waals surface area contributed by atoms with Crippen molar-refractivity contribution in [2.75, 3.05) is 46.4 Å². The van der Waals surface area contributed by atoms with Crippen LogP contribution in [0.25, 0.3) is 0 Å². The van der Waals surface area contributed by atoms with E-state index in [9.17, 15) is 18.0 Å². The highest BCUT2D eigenvalue weighted by Crippen LogP contribution is 2.19. The highest BCUT2D eigenvalue weighted by atomic mass is 32.2. The quantitative estimate of drug-likeness (QED) is 0.562. The lowest BCUT2D eigenvalue weighted by Gasteiger charge is -2.34. The maximum Gasteiger partial charge on any atom is 0.319 e. The summed E-state index contributed by atoms with van der Waals surface area (Å²) in [4.78, 5) is 28.4. The van der Waals surface area contributed by atoms with Gasteiger partial charge in [0.1, 0.15) is 5.75 Å². The number of ether oxygens (including phenoxy) is 1. The van der Waals surface area contributed by atoms with Gasteiger partial charge in [-0.2, -0.15) is 0 Å². The van der Waals surface area contributed by atoms with Gasteiger partial charge in [-0.3, -0.25) is 4.79 Å². The molecule has 168 valence electrons. The van der Waals surface area contributed by atoms with E-state index in [2.05, 4.69) is 10.0 Å². The number of sulfonamides is 1. The molecule has 1 aliphatic heterocycles. The summed E-state index contributed by atoms with van der Waals surface area (Å²) in [6, 6.07) is 6.10. The van der Waals surface area contributed by atoms with Crippen molar-refractivity contribution in [1.29, 1.82) is 0 Å². The van der Waals surface area contributed by atoms with Gasteiger partial charge in [0.05, 0.1) is 12.0 Å². The largest absolute Gasteiger partial charge is 0.497 e. The maximum absolute atomic E-state index is 12.4. The summed E-state index contributed by atoms with van der Waals surface area (Å²) >= 11 is 0. The Morgan fingerprint density at radius 1 is 1.10 bits per heavy atom. The minimum absolute atomic E-state index is 0.0202. The van der Waals surface area contributed by atoms with Crippen molar-refractivity contribution in [1.82, 2.24) is 19.8 Å². The van der Waals surface area contributed by atoms with Crippen LogP contribution in [0.5, 0.6) is 5.75 Å². The van der Waals surface area contributed by atoms with Crippen LogP contribution in [0.3, 0.4) is 0 Å². The predicted molar refractivity (Wildman–Crippen MR) is 114 cm³/mol. The summed E-state index contributed by atoms with van der Waals surface area (Å²) in [5.74, 6) is 0.309. The molecule has 0 bridgehead atoms. The molecule has 1 aliphatic rings. The monoisotopic (exact) mass is 440 g/mol. The Kier molecular flexibility index (Phi) is 8.91.